The van der Waals surface area contributed by atoms with Crippen LogP contribution in [-0.4, -0.2) is 23.6 Å². The van der Waals surface area contributed by atoms with Crippen LogP contribution in [0.2, 0.25) is 0 Å². The lowest BCUT2D eigenvalue weighted by Gasteiger charge is -2.13. The smallest absolute Gasteiger partial charge is 0.319 e. The fraction of sp³-hybridized carbons (Fsp3) is 0.560. The average molecular weight is 405 g/mol. The quantitative estimate of drug-likeness (QED) is 0.184. The predicted octanol–water partition coefficient (Wildman–Crippen LogP) is 7.59. The molecule has 0 spiro atoms. The topological polar surface area (TPSA) is 26.3 Å². The monoisotopic (exact) mass is 404 g/mol. The Hall–Kier alpha value is -1.48. The lowest BCUT2D eigenvalue weighted by atomic mass is 10.2. The Balaban J connectivity index is 3.84. The van der Waals surface area contributed by atoms with E-state index in [0.29, 0.717) is 6.61 Å². The fourth-order valence-corrected chi connectivity index (χ4v) is 3.41. The van der Waals surface area contributed by atoms with Crippen LogP contribution in [0.5, 0.6) is 0 Å². The maximum Gasteiger partial charge on any atom is 0.319 e. The van der Waals surface area contributed by atoms with Crippen LogP contribution < -0.4 is 0 Å². The molecule has 2 nitrogen and oxygen atoms in total. The first-order valence-electron chi connectivity index (χ1n) is 10.8. The summed E-state index contributed by atoms with van der Waals surface area (Å²) in [5.41, 5.74) is 0. The Morgan fingerprint density at radius 2 is 1.29 bits per heavy atom. The van der Waals surface area contributed by atoms with Gasteiger partial charge in [-0.05, 0) is 64.0 Å². The number of ether oxygens (including phenoxy) is 1. The van der Waals surface area contributed by atoms with Gasteiger partial charge in [-0.3, -0.25) is 4.79 Å². The van der Waals surface area contributed by atoms with E-state index in [1.54, 1.807) is 11.8 Å². The van der Waals surface area contributed by atoms with Gasteiger partial charge >= 0.3 is 5.97 Å². The molecule has 0 aromatic heterocycles. The van der Waals surface area contributed by atoms with Gasteiger partial charge in [0.05, 0.1) is 6.61 Å². The van der Waals surface area contributed by atoms with Crippen LogP contribution in [0.25, 0.3) is 0 Å². The largest absolute Gasteiger partial charge is 0.465 e. The van der Waals surface area contributed by atoms with Crippen LogP contribution in [0.15, 0.2) is 60.8 Å². The summed E-state index contributed by atoms with van der Waals surface area (Å²) < 4.78 is 5.17. The van der Waals surface area contributed by atoms with E-state index in [2.05, 4.69) is 74.6 Å². The average Bonchev–Trinajstić information content (AvgIpc) is 2.70. The van der Waals surface area contributed by atoms with Crippen molar-refractivity contribution < 1.29 is 9.53 Å². The van der Waals surface area contributed by atoms with E-state index in [1.807, 2.05) is 6.92 Å². The van der Waals surface area contributed by atoms with E-state index in [4.69, 9.17) is 4.74 Å². The molecule has 158 valence electrons. The highest BCUT2D eigenvalue weighted by atomic mass is 32.2. The molecule has 28 heavy (non-hydrogen) atoms. The third-order valence-corrected chi connectivity index (χ3v) is 5.30. The first-order chi connectivity index (χ1) is 13.8. The number of carbonyl (C=O) groups is 1. The van der Waals surface area contributed by atoms with E-state index in [9.17, 15) is 4.79 Å². The molecule has 0 aromatic rings. The van der Waals surface area contributed by atoms with Crippen molar-refractivity contribution in [1.29, 1.82) is 0 Å². The summed E-state index contributed by atoms with van der Waals surface area (Å²) in [6.45, 7) is 6.62. The number of rotatable bonds is 17. The summed E-state index contributed by atoms with van der Waals surface area (Å²) in [5.74, 6) is 0.947. The van der Waals surface area contributed by atoms with Gasteiger partial charge in [0.25, 0.3) is 0 Å². The van der Waals surface area contributed by atoms with Crippen molar-refractivity contribution in [2.24, 2.45) is 0 Å². The highest BCUT2D eigenvalue weighted by Gasteiger charge is 2.18. The molecule has 0 fully saturated rings. The van der Waals surface area contributed by atoms with Crippen LogP contribution in [-0.2, 0) is 9.53 Å². The van der Waals surface area contributed by atoms with Crippen molar-refractivity contribution in [3.63, 3.8) is 0 Å². The van der Waals surface area contributed by atoms with Crippen molar-refractivity contribution >= 4 is 17.7 Å². The first kappa shape index (κ1) is 26.5. The number of thioether (sulfide) groups is 1. The van der Waals surface area contributed by atoms with Crippen molar-refractivity contribution in [2.45, 2.75) is 77.4 Å². The summed E-state index contributed by atoms with van der Waals surface area (Å²) in [7, 11) is 0. The van der Waals surface area contributed by atoms with Gasteiger partial charge in [0.15, 0.2) is 0 Å². The summed E-state index contributed by atoms with van der Waals surface area (Å²) >= 11 is 1.72. The van der Waals surface area contributed by atoms with Crippen LogP contribution >= 0.6 is 11.8 Å². The van der Waals surface area contributed by atoms with Crippen molar-refractivity contribution in [2.75, 3.05) is 12.4 Å². The molecule has 0 radical (unpaired) electrons. The highest BCUT2D eigenvalue weighted by molar-refractivity contribution is 8.00. The highest BCUT2D eigenvalue weighted by Crippen LogP contribution is 2.19. The van der Waals surface area contributed by atoms with Crippen LogP contribution in [0, 0.1) is 0 Å². The number of esters is 1. The maximum atomic E-state index is 11.9. The van der Waals surface area contributed by atoms with Gasteiger partial charge in [0.1, 0.15) is 5.25 Å². The van der Waals surface area contributed by atoms with Crippen LogP contribution in [0.3, 0.4) is 0 Å². The van der Waals surface area contributed by atoms with Crippen LogP contribution in [0.4, 0.5) is 0 Å². The Labute approximate surface area is 177 Å². The predicted molar refractivity (Wildman–Crippen MR) is 127 cm³/mol. The summed E-state index contributed by atoms with van der Waals surface area (Å²) in [4.78, 5) is 11.9. The lowest BCUT2D eigenvalue weighted by Crippen LogP contribution is -2.20. The molecule has 0 bridgehead atoms. The Morgan fingerprint density at radius 1 is 0.786 bits per heavy atom. The van der Waals surface area contributed by atoms with Crippen molar-refractivity contribution in [3.8, 4) is 0 Å². The third-order valence-electron chi connectivity index (χ3n) is 3.83. The molecule has 0 heterocycles. The van der Waals surface area contributed by atoms with Gasteiger partial charge in [0.2, 0.25) is 0 Å². The summed E-state index contributed by atoms with van der Waals surface area (Å²) in [5, 5.41) is -0.0260. The summed E-state index contributed by atoms with van der Waals surface area (Å²) in [6, 6.07) is 0. The molecule has 0 aromatic carbocycles. The van der Waals surface area contributed by atoms with Gasteiger partial charge in [-0.15, -0.1) is 11.8 Å². The molecule has 3 heteroatoms. The van der Waals surface area contributed by atoms with E-state index in [0.717, 1.165) is 57.1 Å². The Bertz CT molecular complexity index is 501. The molecule has 0 aliphatic heterocycles. The lowest BCUT2D eigenvalue weighted by molar-refractivity contribution is -0.142. The number of hydrogen-bond donors (Lipinski definition) is 0. The number of hydrogen-bond acceptors (Lipinski definition) is 3. The van der Waals surface area contributed by atoms with E-state index in [1.165, 1.54) is 0 Å². The molecule has 0 saturated heterocycles. The van der Waals surface area contributed by atoms with Crippen molar-refractivity contribution in [1.82, 2.24) is 0 Å². The zero-order valence-electron chi connectivity index (χ0n) is 18.1. The minimum absolute atomic E-state index is 0.0260. The molecule has 0 aliphatic rings. The molecular weight excluding hydrogens is 364 g/mol. The third kappa shape index (κ3) is 17.9. The van der Waals surface area contributed by atoms with Gasteiger partial charge < -0.3 is 4.74 Å². The molecule has 1 atom stereocenters. The van der Waals surface area contributed by atoms with Gasteiger partial charge in [-0.25, -0.2) is 0 Å². The van der Waals surface area contributed by atoms with E-state index < -0.39 is 0 Å². The van der Waals surface area contributed by atoms with Gasteiger partial charge in [-0.2, -0.15) is 0 Å². The molecule has 0 saturated carbocycles. The van der Waals surface area contributed by atoms with E-state index in [-0.39, 0.29) is 11.2 Å². The zero-order chi connectivity index (χ0) is 20.7. The molecule has 0 rings (SSSR count). The standard InChI is InChI=1S/C25H40O2S/c1-4-7-8-9-10-11-12-13-14-15-16-17-18-19-20-21-22-24(28-23-5-2)25(26)27-6-3/h7-8,10-11,13-14,16-17,19-20,24H,4-6,9,12,15,18,21-23H2,1-3H3/b8-7-,11-10-,14-13-,17-16-,20-19-. The second-order valence-corrected chi connectivity index (χ2v) is 7.71. The van der Waals surface area contributed by atoms with E-state index >= 15 is 0 Å². The van der Waals surface area contributed by atoms with Gasteiger partial charge in [-0.1, -0.05) is 74.6 Å². The second-order valence-electron chi connectivity index (χ2n) is 6.40. The minimum atomic E-state index is -0.0618. The summed E-state index contributed by atoms with van der Waals surface area (Å²) in [6.07, 6.45) is 30.0. The fourth-order valence-electron chi connectivity index (χ4n) is 2.38. The maximum absolute atomic E-state index is 11.9. The molecule has 0 N–H and O–H groups in total. The van der Waals surface area contributed by atoms with Gasteiger partial charge in [0, 0.05) is 0 Å². The second kappa shape index (κ2) is 21.8. The van der Waals surface area contributed by atoms with Crippen LogP contribution in [0.1, 0.15) is 72.1 Å². The first-order valence-corrected chi connectivity index (χ1v) is 11.8. The Kier molecular flexibility index (Phi) is 20.7. The zero-order valence-corrected chi connectivity index (χ0v) is 19.0. The Morgan fingerprint density at radius 3 is 1.75 bits per heavy atom. The molecule has 0 amide bonds. The molecular formula is C25H40O2S. The minimum Gasteiger partial charge on any atom is -0.465 e. The SMILES string of the molecule is CC/C=C\C/C=C\C/C=C\C/C=C\C/C=C\CCC(SCCC)C(=O)OCC. The normalized spacial score (nSPS) is 13.7. The molecule has 1 unspecified atom stereocenters. The number of carbonyl (C=O) groups excluding carboxylic acids is 1. The van der Waals surface area contributed by atoms with Crippen molar-refractivity contribution in [3.05, 3.63) is 60.8 Å². The molecule has 0 aliphatic carbocycles. The number of allylic oxidation sites excluding steroid dienone is 10.